The first kappa shape index (κ1) is 18.3. The highest BCUT2D eigenvalue weighted by Gasteiger charge is 2.33. The molecule has 142 valence electrons. The molecule has 5 heteroatoms. The molecule has 1 aliphatic heterocycles. The molecule has 0 atom stereocenters. The van der Waals surface area contributed by atoms with E-state index in [1.807, 2.05) is 85.9 Å². The molecular formula is C23H22N2O2S. The number of aryl methyl sites for hydroxylation is 1. The molecular weight excluding hydrogens is 368 g/mol. The van der Waals surface area contributed by atoms with E-state index in [1.54, 1.807) is 17.1 Å². The van der Waals surface area contributed by atoms with Crippen molar-refractivity contribution in [2.75, 3.05) is 11.0 Å². The average molecular weight is 391 g/mol. The van der Waals surface area contributed by atoms with Gasteiger partial charge in [0.2, 0.25) is 0 Å². The lowest BCUT2D eigenvalue weighted by atomic mass is 10.1. The third-order valence-corrected chi connectivity index (χ3v) is 6.56. The summed E-state index contributed by atoms with van der Waals surface area (Å²) < 4.78 is 28.5. The topological polar surface area (TPSA) is 40.6 Å². The molecule has 4 rings (SSSR count). The zero-order valence-corrected chi connectivity index (χ0v) is 16.5. The molecule has 0 saturated carbocycles. The van der Waals surface area contributed by atoms with Crippen LogP contribution in [0, 0.1) is 6.92 Å². The first-order valence-corrected chi connectivity index (χ1v) is 10.7. The second-order valence-corrected chi connectivity index (χ2v) is 8.60. The largest absolute Gasteiger partial charge is 0.281 e. The van der Waals surface area contributed by atoms with Crippen LogP contribution in [0.3, 0.4) is 0 Å². The molecule has 3 aromatic carbocycles. The molecule has 0 N–H and O–H groups in total. The van der Waals surface area contributed by atoms with Gasteiger partial charge in [0, 0.05) is 12.7 Å². The number of anilines is 1. The Balaban J connectivity index is 1.78. The van der Waals surface area contributed by atoms with Crippen LogP contribution in [0.5, 0.6) is 0 Å². The number of para-hydroxylation sites is 1. The lowest BCUT2D eigenvalue weighted by Crippen LogP contribution is -2.47. The summed E-state index contributed by atoms with van der Waals surface area (Å²) in [6.07, 6.45) is 4.57. The SMILES string of the molecule is Cc1ccc(S(=O)(=O)N2c3ccccc3CCN2/C=C\c2ccccc2)cc1. The van der Waals surface area contributed by atoms with E-state index in [1.165, 1.54) is 4.41 Å². The van der Waals surface area contributed by atoms with Crippen LogP contribution >= 0.6 is 0 Å². The maximum atomic E-state index is 13.5. The van der Waals surface area contributed by atoms with Gasteiger partial charge in [-0.15, -0.1) is 0 Å². The van der Waals surface area contributed by atoms with Crippen molar-refractivity contribution in [1.82, 2.24) is 5.01 Å². The average Bonchev–Trinajstić information content (AvgIpc) is 2.72. The Morgan fingerprint density at radius 1 is 0.857 bits per heavy atom. The van der Waals surface area contributed by atoms with Gasteiger partial charge >= 0.3 is 0 Å². The number of sulfonamides is 1. The zero-order valence-electron chi connectivity index (χ0n) is 15.7. The van der Waals surface area contributed by atoms with E-state index in [4.69, 9.17) is 0 Å². The van der Waals surface area contributed by atoms with Gasteiger partial charge in [-0.25, -0.2) is 0 Å². The van der Waals surface area contributed by atoms with Crippen molar-refractivity contribution in [1.29, 1.82) is 0 Å². The summed E-state index contributed by atoms with van der Waals surface area (Å²) in [5.74, 6) is 0. The Kier molecular flexibility index (Phi) is 4.92. The monoisotopic (exact) mass is 390 g/mol. The van der Waals surface area contributed by atoms with Crippen molar-refractivity contribution >= 4 is 21.8 Å². The predicted octanol–water partition coefficient (Wildman–Crippen LogP) is 4.63. The lowest BCUT2D eigenvalue weighted by molar-refractivity contribution is 0.382. The fourth-order valence-electron chi connectivity index (χ4n) is 3.32. The summed E-state index contributed by atoms with van der Waals surface area (Å²) >= 11 is 0. The van der Waals surface area contributed by atoms with E-state index >= 15 is 0 Å². The molecule has 0 aromatic heterocycles. The van der Waals surface area contributed by atoms with Gasteiger partial charge in [-0.3, -0.25) is 5.01 Å². The number of rotatable bonds is 4. The predicted molar refractivity (Wildman–Crippen MR) is 113 cm³/mol. The van der Waals surface area contributed by atoms with Crippen molar-refractivity contribution in [3.8, 4) is 0 Å². The van der Waals surface area contributed by atoms with Gasteiger partial charge in [0.05, 0.1) is 10.6 Å². The van der Waals surface area contributed by atoms with E-state index in [0.717, 1.165) is 23.1 Å². The summed E-state index contributed by atoms with van der Waals surface area (Å²) in [6, 6.07) is 24.5. The highest BCUT2D eigenvalue weighted by molar-refractivity contribution is 7.92. The number of hydrogen-bond acceptors (Lipinski definition) is 3. The quantitative estimate of drug-likeness (QED) is 0.652. The van der Waals surface area contributed by atoms with Crippen LogP contribution in [0.2, 0.25) is 0 Å². The normalized spacial score (nSPS) is 14.3. The van der Waals surface area contributed by atoms with E-state index in [9.17, 15) is 8.42 Å². The van der Waals surface area contributed by atoms with E-state index in [2.05, 4.69) is 0 Å². The molecule has 0 fully saturated rings. The van der Waals surface area contributed by atoms with Crippen LogP contribution in [0.15, 0.2) is 90.0 Å². The molecule has 28 heavy (non-hydrogen) atoms. The Labute approximate surface area is 166 Å². The fourth-order valence-corrected chi connectivity index (χ4v) is 4.85. The minimum absolute atomic E-state index is 0.285. The van der Waals surface area contributed by atoms with Crippen LogP contribution in [-0.2, 0) is 16.4 Å². The van der Waals surface area contributed by atoms with Crippen molar-refractivity contribution in [3.05, 3.63) is 102 Å². The van der Waals surface area contributed by atoms with Gasteiger partial charge in [-0.2, -0.15) is 12.8 Å². The van der Waals surface area contributed by atoms with Crippen LogP contribution in [0.25, 0.3) is 6.08 Å². The molecule has 0 unspecified atom stereocenters. The Morgan fingerprint density at radius 3 is 2.29 bits per heavy atom. The zero-order chi connectivity index (χ0) is 19.6. The standard InChI is InChI=1S/C23H22N2O2S/c1-19-11-13-22(14-12-19)28(26,27)25-23-10-6-5-9-21(23)16-18-24(25)17-15-20-7-3-2-4-8-20/h2-15,17H,16,18H2,1H3/b17-15-. The number of hydrogen-bond donors (Lipinski definition) is 0. The van der Waals surface area contributed by atoms with Crippen LogP contribution < -0.4 is 4.41 Å². The van der Waals surface area contributed by atoms with Gasteiger partial charge in [-0.1, -0.05) is 66.2 Å². The van der Waals surface area contributed by atoms with Crippen molar-refractivity contribution in [2.45, 2.75) is 18.2 Å². The summed E-state index contributed by atoms with van der Waals surface area (Å²) in [7, 11) is -3.74. The number of nitrogens with zero attached hydrogens (tertiary/aromatic N) is 2. The first-order chi connectivity index (χ1) is 13.6. The van der Waals surface area contributed by atoms with E-state index in [0.29, 0.717) is 12.2 Å². The molecule has 0 radical (unpaired) electrons. The molecule has 0 saturated heterocycles. The summed E-state index contributed by atoms with van der Waals surface area (Å²) in [5, 5.41) is 1.78. The first-order valence-electron chi connectivity index (χ1n) is 9.25. The molecule has 0 spiro atoms. The van der Waals surface area contributed by atoms with E-state index in [-0.39, 0.29) is 4.90 Å². The third-order valence-electron chi connectivity index (χ3n) is 4.83. The van der Waals surface area contributed by atoms with Crippen molar-refractivity contribution < 1.29 is 8.42 Å². The highest BCUT2D eigenvalue weighted by Crippen LogP contribution is 2.33. The molecule has 1 aliphatic rings. The smallest absolute Gasteiger partial charge is 0.278 e. The number of hydrazine groups is 1. The van der Waals surface area contributed by atoms with Crippen LogP contribution in [0.1, 0.15) is 16.7 Å². The van der Waals surface area contributed by atoms with Gasteiger partial charge in [0.25, 0.3) is 10.0 Å². The third kappa shape index (κ3) is 3.53. The summed E-state index contributed by atoms with van der Waals surface area (Å²) in [4.78, 5) is 0.285. The summed E-state index contributed by atoms with van der Waals surface area (Å²) in [6.45, 7) is 2.53. The second-order valence-electron chi connectivity index (χ2n) is 6.83. The van der Waals surface area contributed by atoms with Gasteiger partial charge in [-0.05, 0) is 48.7 Å². The lowest BCUT2D eigenvalue weighted by Gasteiger charge is -2.39. The minimum Gasteiger partial charge on any atom is -0.278 e. The highest BCUT2D eigenvalue weighted by atomic mass is 32.2. The maximum Gasteiger partial charge on any atom is 0.281 e. The maximum absolute atomic E-state index is 13.5. The van der Waals surface area contributed by atoms with Crippen LogP contribution in [-0.4, -0.2) is 20.0 Å². The number of fused-ring (bicyclic) bond motifs is 1. The molecule has 0 amide bonds. The molecule has 1 heterocycles. The van der Waals surface area contributed by atoms with Gasteiger partial charge in [0.1, 0.15) is 0 Å². The molecule has 3 aromatic rings. The van der Waals surface area contributed by atoms with Crippen molar-refractivity contribution in [3.63, 3.8) is 0 Å². The Bertz CT molecular complexity index is 1090. The van der Waals surface area contributed by atoms with Crippen molar-refractivity contribution in [2.24, 2.45) is 0 Å². The molecule has 0 aliphatic carbocycles. The van der Waals surface area contributed by atoms with Gasteiger partial charge < -0.3 is 0 Å². The van der Waals surface area contributed by atoms with E-state index < -0.39 is 10.0 Å². The fraction of sp³-hybridized carbons (Fsp3) is 0.130. The van der Waals surface area contributed by atoms with Gasteiger partial charge in [0.15, 0.2) is 0 Å². The summed E-state index contributed by atoms with van der Waals surface area (Å²) in [5.41, 5.74) is 3.78. The minimum atomic E-state index is -3.74. The Morgan fingerprint density at radius 2 is 1.54 bits per heavy atom. The molecule has 4 nitrogen and oxygen atoms in total. The number of benzene rings is 3. The van der Waals surface area contributed by atoms with Crippen LogP contribution in [0.4, 0.5) is 5.69 Å². The molecule has 0 bridgehead atoms. The Hall–Kier alpha value is -3.05. The second kappa shape index (κ2) is 7.52.